The summed E-state index contributed by atoms with van der Waals surface area (Å²) in [6.45, 7) is 0. The lowest BCUT2D eigenvalue weighted by molar-refractivity contribution is 0.390. The van der Waals surface area contributed by atoms with Crippen LogP contribution < -0.4 is 14.7 Å². The van der Waals surface area contributed by atoms with E-state index in [1.54, 1.807) is 11.4 Å². The van der Waals surface area contributed by atoms with E-state index in [-0.39, 0.29) is 37.8 Å². The van der Waals surface area contributed by atoms with E-state index in [0.29, 0.717) is 5.56 Å². The lowest BCUT2D eigenvalue weighted by Crippen LogP contribution is -2.22. The Hall–Kier alpha value is -3.06. The molecule has 2 N–H and O–H groups in total. The number of nitrogens with two attached hydrogens (primary N) is 1. The van der Waals surface area contributed by atoms with Crippen molar-refractivity contribution in [3.8, 4) is 17.6 Å². The first-order chi connectivity index (χ1) is 14.3. The quantitative estimate of drug-likeness (QED) is 0.571. The van der Waals surface area contributed by atoms with E-state index in [2.05, 4.69) is 0 Å². The monoisotopic (exact) mass is 462 g/mol. The van der Waals surface area contributed by atoms with E-state index >= 15 is 0 Å². The number of thiophene rings is 1. The standard InChI is InChI=1S/C20H12ClFN2O4S2/c21-14-3-1-4-15(22)19(14)18-12-7-6-11(9-16(12)27-20(24)13(18)10-23)28-30(25,26)17-5-2-8-29-17/h1-9,18H,24H2. The molecule has 0 aliphatic carbocycles. The third-order valence-corrected chi connectivity index (χ3v) is 7.36. The Morgan fingerprint density at radius 2 is 2.03 bits per heavy atom. The lowest BCUT2D eigenvalue weighted by Gasteiger charge is -2.27. The molecule has 10 heteroatoms. The zero-order chi connectivity index (χ0) is 21.5. The summed E-state index contributed by atoms with van der Waals surface area (Å²) < 4.78 is 50.1. The zero-order valence-corrected chi connectivity index (χ0v) is 17.4. The minimum Gasteiger partial charge on any atom is -0.440 e. The van der Waals surface area contributed by atoms with Gasteiger partial charge < -0.3 is 14.7 Å². The predicted molar refractivity (Wildman–Crippen MR) is 109 cm³/mol. The van der Waals surface area contributed by atoms with Gasteiger partial charge in [-0.05, 0) is 29.6 Å². The van der Waals surface area contributed by atoms with Crippen LogP contribution in [0, 0.1) is 17.1 Å². The molecular formula is C20H12ClFN2O4S2. The van der Waals surface area contributed by atoms with Gasteiger partial charge in [-0.1, -0.05) is 29.8 Å². The number of ether oxygens (including phenoxy) is 1. The Kier molecular flexibility index (Phi) is 5.15. The first kappa shape index (κ1) is 20.2. The van der Waals surface area contributed by atoms with Crippen molar-refractivity contribution < 1.29 is 21.7 Å². The molecule has 4 rings (SSSR count). The molecule has 2 heterocycles. The first-order valence-electron chi connectivity index (χ1n) is 8.45. The van der Waals surface area contributed by atoms with Crippen molar-refractivity contribution in [1.82, 2.24) is 0 Å². The molecule has 2 aromatic carbocycles. The summed E-state index contributed by atoms with van der Waals surface area (Å²) in [4.78, 5) is 0. The third-order valence-electron chi connectivity index (χ3n) is 4.43. The average Bonchev–Trinajstić information content (AvgIpc) is 3.23. The van der Waals surface area contributed by atoms with Gasteiger partial charge in [-0.2, -0.15) is 13.7 Å². The third kappa shape index (κ3) is 3.50. The minimum absolute atomic E-state index is 0.00521. The molecule has 0 fully saturated rings. The highest BCUT2D eigenvalue weighted by Crippen LogP contribution is 2.46. The second-order valence-corrected chi connectivity index (χ2v) is 9.36. The molecule has 1 atom stereocenters. The van der Waals surface area contributed by atoms with Crippen molar-refractivity contribution in [3.05, 3.63) is 87.3 Å². The van der Waals surface area contributed by atoms with Crippen LogP contribution in [0.3, 0.4) is 0 Å². The second kappa shape index (κ2) is 7.65. The van der Waals surface area contributed by atoms with Gasteiger partial charge in [0.05, 0.1) is 5.92 Å². The smallest absolute Gasteiger partial charge is 0.348 e. The number of hydrogen-bond donors (Lipinski definition) is 1. The molecule has 0 amide bonds. The summed E-state index contributed by atoms with van der Waals surface area (Å²) in [6.07, 6.45) is 0. The topological polar surface area (TPSA) is 102 Å². The van der Waals surface area contributed by atoms with Gasteiger partial charge in [-0.3, -0.25) is 0 Å². The molecule has 152 valence electrons. The van der Waals surface area contributed by atoms with Crippen LogP contribution in [0.5, 0.6) is 11.5 Å². The van der Waals surface area contributed by atoms with Gasteiger partial charge in [0.25, 0.3) is 0 Å². The Labute approximate surface area is 180 Å². The zero-order valence-electron chi connectivity index (χ0n) is 15.0. The fraction of sp³-hybridized carbons (Fsp3) is 0.0500. The van der Waals surface area contributed by atoms with Crippen molar-refractivity contribution in [3.63, 3.8) is 0 Å². The van der Waals surface area contributed by atoms with Crippen LogP contribution in [0.25, 0.3) is 0 Å². The van der Waals surface area contributed by atoms with Crippen LogP contribution in [-0.4, -0.2) is 8.42 Å². The van der Waals surface area contributed by atoms with Crippen LogP contribution in [0.1, 0.15) is 17.0 Å². The molecule has 1 aromatic heterocycles. The van der Waals surface area contributed by atoms with Crippen molar-refractivity contribution in [1.29, 1.82) is 5.26 Å². The van der Waals surface area contributed by atoms with E-state index < -0.39 is 21.9 Å². The summed E-state index contributed by atoms with van der Waals surface area (Å²) in [6, 6.07) is 13.4. The van der Waals surface area contributed by atoms with Crippen LogP contribution in [0.15, 0.2) is 69.6 Å². The SMILES string of the molecule is N#CC1=C(N)Oc2cc(OS(=O)(=O)c3cccs3)ccc2C1c1c(F)cccc1Cl. The van der Waals surface area contributed by atoms with Gasteiger partial charge >= 0.3 is 10.1 Å². The van der Waals surface area contributed by atoms with Gasteiger partial charge in [-0.15, -0.1) is 11.3 Å². The van der Waals surface area contributed by atoms with Crippen molar-refractivity contribution in [2.45, 2.75) is 10.1 Å². The summed E-state index contributed by atoms with van der Waals surface area (Å²) in [5.74, 6) is -1.65. The molecule has 6 nitrogen and oxygen atoms in total. The number of hydrogen-bond acceptors (Lipinski definition) is 7. The fourth-order valence-corrected chi connectivity index (χ4v) is 5.29. The molecule has 1 aliphatic rings. The van der Waals surface area contributed by atoms with Gasteiger partial charge in [-0.25, -0.2) is 4.39 Å². The van der Waals surface area contributed by atoms with Crippen LogP contribution in [0.2, 0.25) is 5.02 Å². The molecule has 3 aromatic rings. The van der Waals surface area contributed by atoms with Crippen molar-refractivity contribution in [2.24, 2.45) is 5.73 Å². The number of fused-ring (bicyclic) bond motifs is 1. The number of benzene rings is 2. The molecule has 0 spiro atoms. The van der Waals surface area contributed by atoms with E-state index in [4.69, 9.17) is 26.3 Å². The Balaban J connectivity index is 1.81. The van der Waals surface area contributed by atoms with Crippen molar-refractivity contribution >= 4 is 33.1 Å². The van der Waals surface area contributed by atoms with Gasteiger partial charge in [0.2, 0.25) is 5.88 Å². The lowest BCUT2D eigenvalue weighted by atomic mass is 9.83. The van der Waals surface area contributed by atoms with Gasteiger partial charge in [0.1, 0.15) is 29.0 Å². The summed E-state index contributed by atoms with van der Waals surface area (Å²) in [7, 11) is -4.02. The molecule has 0 bridgehead atoms. The molecule has 1 aliphatic heterocycles. The Morgan fingerprint density at radius 3 is 2.70 bits per heavy atom. The summed E-state index contributed by atoms with van der Waals surface area (Å²) in [5.41, 5.74) is 6.36. The van der Waals surface area contributed by atoms with Crippen LogP contribution in [-0.2, 0) is 10.1 Å². The van der Waals surface area contributed by atoms with E-state index in [0.717, 1.165) is 11.3 Å². The average molecular weight is 463 g/mol. The van der Waals surface area contributed by atoms with E-state index in [1.807, 2.05) is 6.07 Å². The maximum atomic E-state index is 14.6. The minimum atomic E-state index is -4.02. The van der Waals surface area contributed by atoms with Crippen molar-refractivity contribution in [2.75, 3.05) is 0 Å². The summed E-state index contributed by atoms with van der Waals surface area (Å²) in [5, 5.41) is 11.3. The number of nitriles is 1. The predicted octanol–water partition coefficient (Wildman–Crippen LogP) is 4.53. The fourth-order valence-electron chi connectivity index (χ4n) is 3.14. The first-order valence-corrected chi connectivity index (χ1v) is 11.1. The molecule has 1 unspecified atom stereocenters. The molecule has 30 heavy (non-hydrogen) atoms. The number of rotatable bonds is 4. The highest BCUT2D eigenvalue weighted by molar-refractivity contribution is 7.89. The van der Waals surface area contributed by atoms with Crippen LogP contribution >= 0.6 is 22.9 Å². The number of halogens is 2. The van der Waals surface area contributed by atoms with Gasteiger partial charge in [0.15, 0.2) is 4.21 Å². The summed E-state index contributed by atoms with van der Waals surface area (Å²) >= 11 is 7.24. The highest BCUT2D eigenvalue weighted by Gasteiger charge is 2.34. The van der Waals surface area contributed by atoms with E-state index in [1.165, 1.54) is 42.5 Å². The van der Waals surface area contributed by atoms with E-state index in [9.17, 15) is 18.1 Å². The molecule has 0 saturated heterocycles. The van der Waals surface area contributed by atoms with Crippen LogP contribution in [0.4, 0.5) is 4.39 Å². The van der Waals surface area contributed by atoms with Gasteiger partial charge in [0, 0.05) is 22.2 Å². The number of allylic oxidation sites excluding steroid dienone is 1. The molecular weight excluding hydrogens is 451 g/mol. The maximum Gasteiger partial charge on any atom is 0.348 e. The second-order valence-electron chi connectivity index (χ2n) is 6.23. The number of nitrogens with zero attached hydrogens (tertiary/aromatic N) is 1. The largest absolute Gasteiger partial charge is 0.440 e. The normalized spacial score (nSPS) is 15.8. The molecule has 0 radical (unpaired) electrons. The Morgan fingerprint density at radius 1 is 1.23 bits per heavy atom. The highest BCUT2D eigenvalue weighted by atomic mass is 35.5. The maximum absolute atomic E-state index is 14.6. The Bertz CT molecular complexity index is 1290. The molecule has 0 saturated carbocycles.